The molecule has 96 valence electrons. The molecule has 2 aromatic rings. The Hall–Kier alpha value is -0.680. The highest BCUT2D eigenvalue weighted by atomic mass is 79.9. The Labute approximate surface area is 120 Å². The predicted molar refractivity (Wildman–Crippen MR) is 79.9 cm³/mol. The van der Waals surface area contributed by atoms with Crippen LogP contribution in [0.25, 0.3) is 0 Å². The van der Waals surface area contributed by atoms with Crippen molar-refractivity contribution in [3.8, 4) is 0 Å². The van der Waals surface area contributed by atoms with E-state index in [4.69, 9.17) is 0 Å². The van der Waals surface area contributed by atoms with Crippen molar-refractivity contribution in [2.45, 2.75) is 19.5 Å². The maximum atomic E-state index is 9.50. The monoisotopic (exact) mass is 325 g/mol. The molecule has 1 aromatic carbocycles. The molecule has 0 amide bonds. The van der Waals surface area contributed by atoms with Gasteiger partial charge in [0.05, 0.1) is 12.6 Å². The van der Waals surface area contributed by atoms with Gasteiger partial charge in [-0.1, -0.05) is 34.1 Å². The summed E-state index contributed by atoms with van der Waals surface area (Å²) in [6.07, 6.45) is 0. The Morgan fingerprint density at radius 2 is 2.22 bits per heavy atom. The van der Waals surface area contributed by atoms with Crippen molar-refractivity contribution in [2.24, 2.45) is 0 Å². The molecule has 0 radical (unpaired) electrons. The number of hydrogen-bond acceptors (Lipinski definition) is 3. The molecular formula is C14H16BrNOS. The van der Waals surface area contributed by atoms with Gasteiger partial charge >= 0.3 is 0 Å². The number of nitrogens with one attached hydrogen (secondary N) is 1. The summed E-state index contributed by atoms with van der Waals surface area (Å²) >= 11 is 5.21. The molecule has 0 saturated heterocycles. The molecule has 0 saturated carbocycles. The van der Waals surface area contributed by atoms with Gasteiger partial charge in [0.15, 0.2) is 0 Å². The lowest BCUT2D eigenvalue weighted by atomic mass is 10.1. The molecule has 1 atom stereocenters. The molecule has 1 unspecified atom stereocenters. The van der Waals surface area contributed by atoms with E-state index in [1.165, 1.54) is 10.4 Å². The van der Waals surface area contributed by atoms with E-state index in [1.54, 1.807) is 11.3 Å². The Kier molecular flexibility index (Phi) is 4.95. The maximum absolute atomic E-state index is 9.50. The summed E-state index contributed by atoms with van der Waals surface area (Å²) < 4.78 is 1.10. The van der Waals surface area contributed by atoms with Gasteiger partial charge in [0.1, 0.15) is 0 Å². The Morgan fingerprint density at radius 3 is 2.83 bits per heavy atom. The number of aliphatic hydroxyl groups is 1. The van der Waals surface area contributed by atoms with Gasteiger partial charge in [0.25, 0.3) is 0 Å². The van der Waals surface area contributed by atoms with Crippen LogP contribution in [-0.2, 0) is 6.54 Å². The maximum Gasteiger partial charge on any atom is 0.0626 e. The minimum Gasteiger partial charge on any atom is -0.394 e. The summed E-state index contributed by atoms with van der Waals surface area (Å²) in [6, 6.07) is 10.3. The standard InChI is InChI=1S/C14H16BrNOS/c1-10-7-11(4-5-13(10)15)14(9-17)16-8-12-3-2-6-18-12/h2-7,14,16-17H,8-9H2,1H3. The zero-order valence-electron chi connectivity index (χ0n) is 10.2. The van der Waals surface area contributed by atoms with Crippen LogP contribution >= 0.6 is 27.3 Å². The predicted octanol–water partition coefficient (Wildman–Crippen LogP) is 3.64. The molecule has 1 heterocycles. The number of hydrogen-bond donors (Lipinski definition) is 2. The van der Waals surface area contributed by atoms with Gasteiger partial charge in [0.2, 0.25) is 0 Å². The average molecular weight is 326 g/mol. The van der Waals surface area contributed by atoms with Gasteiger partial charge in [-0.05, 0) is 35.6 Å². The topological polar surface area (TPSA) is 32.3 Å². The van der Waals surface area contributed by atoms with Crippen molar-refractivity contribution in [3.63, 3.8) is 0 Å². The van der Waals surface area contributed by atoms with E-state index >= 15 is 0 Å². The number of aryl methyl sites for hydroxylation is 1. The second kappa shape index (κ2) is 6.48. The first kappa shape index (κ1) is 13.7. The molecule has 0 spiro atoms. The third-order valence-corrected chi connectivity index (χ3v) is 4.64. The van der Waals surface area contributed by atoms with E-state index < -0.39 is 0 Å². The van der Waals surface area contributed by atoms with Crippen molar-refractivity contribution in [1.82, 2.24) is 5.32 Å². The number of rotatable bonds is 5. The van der Waals surface area contributed by atoms with Crippen LogP contribution < -0.4 is 5.32 Å². The minimum atomic E-state index is -0.0149. The fourth-order valence-corrected chi connectivity index (χ4v) is 2.71. The molecule has 0 aliphatic heterocycles. The Bertz CT molecular complexity index is 499. The molecule has 2 rings (SSSR count). The van der Waals surface area contributed by atoms with Crippen molar-refractivity contribution in [2.75, 3.05) is 6.61 Å². The lowest BCUT2D eigenvalue weighted by Crippen LogP contribution is -2.23. The smallest absolute Gasteiger partial charge is 0.0626 e. The molecule has 1 aromatic heterocycles. The molecular weight excluding hydrogens is 310 g/mol. The second-order valence-corrected chi connectivity index (χ2v) is 6.09. The SMILES string of the molecule is Cc1cc(C(CO)NCc2cccs2)ccc1Br. The lowest BCUT2D eigenvalue weighted by Gasteiger charge is -2.17. The van der Waals surface area contributed by atoms with Crippen molar-refractivity contribution in [1.29, 1.82) is 0 Å². The number of thiophene rings is 1. The summed E-state index contributed by atoms with van der Waals surface area (Å²) in [5.74, 6) is 0. The molecule has 4 heteroatoms. The highest BCUT2D eigenvalue weighted by molar-refractivity contribution is 9.10. The largest absolute Gasteiger partial charge is 0.394 e. The van der Waals surface area contributed by atoms with Gasteiger partial charge in [-0.3, -0.25) is 0 Å². The van der Waals surface area contributed by atoms with Gasteiger partial charge < -0.3 is 10.4 Å². The van der Waals surface area contributed by atoms with Gasteiger partial charge in [0, 0.05) is 15.9 Å². The normalized spacial score (nSPS) is 12.6. The van der Waals surface area contributed by atoms with E-state index in [9.17, 15) is 5.11 Å². The molecule has 0 fully saturated rings. The minimum absolute atomic E-state index is 0.0149. The van der Waals surface area contributed by atoms with E-state index in [2.05, 4.69) is 45.7 Å². The summed E-state index contributed by atoms with van der Waals surface area (Å²) in [6.45, 7) is 2.95. The van der Waals surface area contributed by atoms with E-state index in [0.717, 1.165) is 16.6 Å². The summed E-state index contributed by atoms with van der Waals surface area (Å²) in [7, 11) is 0. The third-order valence-electron chi connectivity index (χ3n) is 2.87. The van der Waals surface area contributed by atoms with Crippen LogP contribution in [0.1, 0.15) is 22.0 Å². The fourth-order valence-electron chi connectivity index (χ4n) is 1.81. The lowest BCUT2D eigenvalue weighted by molar-refractivity contribution is 0.244. The van der Waals surface area contributed by atoms with Gasteiger partial charge in [-0.15, -0.1) is 11.3 Å². The van der Waals surface area contributed by atoms with Crippen LogP contribution in [0.5, 0.6) is 0 Å². The Balaban J connectivity index is 2.05. The van der Waals surface area contributed by atoms with Crippen molar-refractivity contribution >= 4 is 27.3 Å². The van der Waals surface area contributed by atoms with Crippen LogP contribution in [0.15, 0.2) is 40.2 Å². The molecule has 0 aliphatic carbocycles. The number of aliphatic hydroxyl groups excluding tert-OH is 1. The van der Waals surface area contributed by atoms with Crippen molar-refractivity contribution in [3.05, 3.63) is 56.2 Å². The summed E-state index contributed by atoms with van der Waals surface area (Å²) in [5.41, 5.74) is 2.30. The average Bonchev–Trinajstić information content (AvgIpc) is 2.87. The number of benzene rings is 1. The quantitative estimate of drug-likeness (QED) is 0.879. The first-order valence-corrected chi connectivity index (χ1v) is 7.50. The van der Waals surface area contributed by atoms with Gasteiger partial charge in [-0.2, -0.15) is 0 Å². The zero-order valence-corrected chi connectivity index (χ0v) is 12.6. The fraction of sp³-hybridized carbons (Fsp3) is 0.286. The van der Waals surface area contributed by atoms with Crippen molar-refractivity contribution < 1.29 is 5.11 Å². The van der Waals surface area contributed by atoms with E-state index in [0.29, 0.717) is 0 Å². The summed E-state index contributed by atoms with van der Waals surface area (Å²) in [4.78, 5) is 1.28. The molecule has 2 nitrogen and oxygen atoms in total. The highest BCUT2D eigenvalue weighted by Gasteiger charge is 2.10. The first-order chi connectivity index (χ1) is 8.70. The van der Waals surface area contributed by atoms with Crippen LogP contribution in [0.4, 0.5) is 0 Å². The molecule has 0 bridgehead atoms. The van der Waals surface area contributed by atoms with Crippen LogP contribution in [0.3, 0.4) is 0 Å². The van der Waals surface area contributed by atoms with Crippen LogP contribution in [-0.4, -0.2) is 11.7 Å². The van der Waals surface area contributed by atoms with E-state index in [1.807, 2.05) is 18.2 Å². The highest BCUT2D eigenvalue weighted by Crippen LogP contribution is 2.21. The summed E-state index contributed by atoms with van der Waals surface area (Å²) in [5, 5.41) is 14.9. The number of halogens is 1. The Morgan fingerprint density at radius 1 is 1.39 bits per heavy atom. The second-order valence-electron chi connectivity index (χ2n) is 4.20. The molecule has 2 N–H and O–H groups in total. The van der Waals surface area contributed by atoms with Crippen LogP contribution in [0.2, 0.25) is 0 Å². The molecule has 0 aliphatic rings. The molecule has 18 heavy (non-hydrogen) atoms. The van der Waals surface area contributed by atoms with E-state index in [-0.39, 0.29) is 12.6 Å². The van der Waals surface area contributed by atoms with Gasteiger partial charge in [-0.25, -0.2) is 0 Å². The zero-order chi connectivity index (χ0) is 13.0. The van der Waals surface area contributed by atoms with Crippen LogP contribution in [0, 0.1) is 6.92 Å². The third kappa shape index (κ3) is 3.42. The first-order valence-electron chi connectivity index (χ1n) is 5.83.